The van der Waals surface area contributed by atoms with Gasteiger partial charge in [0.2, 0.25) is 5.91 Å². The molecule has 1 aromatic heterocycles. The molecule has 0 aliphatic heterocycles. The second kappa shape index (κ2) is 7.29. The van der Waals surface area contributed by atoms with Crippen molar-refractivity contribution in [2.45, 2.75) is 31.0 Å². The highest BCUT2D eigenvalue weighted by Crippen LogP contribution is 2.16. The van der Waals surface area contributed by atoms with Crippen molar-refractivity contribution in [3.05, 3.63) is 12.5 Å². The van der Waals surface area contributed by atoms with Crippen molar-refractivity contribution in [2.75, 3.05) is 12.3 Å². The number of carbonyl (C=O) groups excluding carboxylic acids is 1. The summed E-state index contributed by atoms with van der Waals surface area (Å²) in [5, 5.41) is 3.73. The molecule has 0 saturated heterocycles. The molecule has 90 valence electrons. The lowest BCUT2D eigenvalue weighted by molar-refractivity contribution is -0.120. The van der Waals surface area contributed by atoms with Crippen molar-refractivity contribution < 1.29 is 9.21 Å². The fourth-order valence-electron chi connectivity index (χ4n) is 1.21. The van der Waals surface area contributed by atoms with E-state index in [1.54, 1.807) is 6.20 Å². The van der Waals surface area contributed by atoms with Crippen LogP contribution >= 0.6 is 11.8 Å². The minimum absolute atomic E-state index is 0.262. The van der Waals surface area contributed by atoms with Crippen molar-refractivity contribution in [1.29, 1.82) is 0 Å². The number of rotatable bonds is 8. The summed E-state index contributed by atoms with van der Waals surface area (Å²) in [4.78, 5) is 15.1. The highest BCUT2D eigenvalue weighted by molar-refractivity contribution is 7.99. The number of oxazole rings is 1. The Kier molecular flexibility index (Phi) is 5.95. The summed E-state index contributed by atoms with van der Waals surface area (Å²) in [7, 11) is 0. The summed E-state index contributed by atoms with van der Waals surface area (Å²) < 4.78 is 5.07. The Bertz CT molecular complexity index is 303. The maximum atomic E-state index is 11.1. The lowest BCUT2D eigenvalue weighted by Crippen LogP contribution is -2.41. The van der Waals surface area contributed by atoms with Gasteiger partial charge in [0, 0.05) is 5.75 Å². The molecule has 3 N–H and O–H groups in total. The van der Waals surface area contributed by atoms with Gasteiger partial charge in [-0.15, -0.1) is 0 Å². The van der Waals surface area contributed by atoms with Crippen LogP contribution in [0, 0.1) is 0 Å². The van der Waals surface area contributed by atoms with E-state index in [0.717, 1.165) is 18.7 Å². The van der Waals surface area contributed by atoms with Crippen LogP contribution in [0.15, 0.2) is 22.1 Å². The topological polar surface area (TPSA) is 81.2 Å². The van der Waals surface area contributed by atoms with Crippen LogP contribution in [0.4, 0.5) is 0 Å². The monoisotopic (exact) mass is 243 g/mol. The molecule has 0 aromatic carbocycles. The van der Waals surface area contributed by atoms with Gasteiger partial charge >= 0.3 is 0 Å². The van der Waals surface area contributed by atoms with E-state index in [4.69, 9.17) is 10.2 Å². The normalized spacial score (nSPS) is 12.6. The van der Waals surface area contributed by atoms with Gasteiger partial charge in [0.15, 0.2) is 0 Å². The van der Waals surface area contributed by atoms with Crippen LogP contribution in [0.5, 0.6) is 0 Å². The van der Waals surface area contributed by atoms with E-state index < -0.39 is 0 Å². The number of hydrogen-bond donors (Lipinski definition) is 2. The molecule has 0 fully saturated rings. The molecule has 0 bridgehead atoms. The van der Waals surface area contributed by atoms with E-state index in [0.29, 0.717) is 11.6 Å². The van der Waals surface area contributed by atoms with Crippen molar-refractivity contribution in [3.8, 4) is 0 Å². The standard InChI is InChI=1S/C10H17N3O2S/c1-2-4-12-8(9(11)14)3-7-16-10-13-5-6-15-10/h5-6,8,12H,2-4,7H2,1H3,(H2,11,14). The van der Waals surface area contributed by atoms with Crippen LogP contribution in [0.25, 0.3) is 0 Å². The van der Waals surface area contributed by atoms with Gasteiger partial charge in [-0.25, -0.2) is 4.98 Å². The molecule has 0 aliphatic carbocycles. The van der Waals surface area contributed by atoms with Gasteiger partial charge in [0.25, 0.3) is 5.22 Å². The maximum Gasteiger partial charge on any atom is 0.255 e. The molecule has 0 spiro atoms. The Morgan fingerprint density at radius 3 is 3.12 bits per heavy atom. The number of nitrogens with two attached hydrogens (primary N) is 1. The lowest BCUT2D eigenvalue weighted by atomic mass is 10.2. The number of hydrogen-bond acceptors (Lipinski definition) is 5. The first-order chi connectivity index (χ1) is 7.74. The van der Waals surface area contributed by atoms with Crippen LogP contribution < -0.4 is 11.1 Å². The number of aromatic nitrogens is 1. The predicted octanol–water partition coefficient (Wildman–Crippen LogP) is 1.01. The Labute approximate surface area is 99.2 Å². The van der Waals surface area contributed by atoms with Gasteiger partial charge in [-0.2, -0.15) is 0 Å². The first-order valence-electron chi connectivity index (χ1n) is 5.29. The second-order valence-electron chi connectivity index (χ2n) is 3.34. The first-order valence-corrected chi connectivity index (χ1v) is 6.27. The van der Waals surface area contributed by atoms with Crippen LogP contribution in [0.3, 0.4) is 0 Å². The molecule has 1 heterocycles. The molecule has 1 rings (SSSR count). The molecule has 1 unspecified atom stereocenters. The van der Waals surface area contributed by atoms with Gasteiger partial charge < -0.3 is 15.5 Å². The zero-order chi connectivity index (χ0) is 11.8. The highest BCUT2D eigenvalue weighted by atomic mass is 32.2. The Morgan fingerprint density at radius 1 is 1.75 bits per heavy atom. The van der Waals surface area contributed by atoms with Crippen molar-refractivity contribution >= 4 is 17.7 Å². The van der Waals surface area contributed by atoms with E-state index in [2.05, 4.69) is 10.3 Å². The highest BCUT2D eigenvalue weighted by Gasteiger charge is 2.14. The van der Waals surface area contributed by atoms with E-state index in [1.807, 2.05) is 6.92 Å². The fraction of sp³-hybridized carbons (Fsp3) is 0.600. The largest absolute Gasteiger partial charge is 0.440 e. The van der Waals surface area contributed by atoms with Gasteiger partial charge in [-0.1, -0.05) is 18.7 Å². The summed E-state index contributed by atoms with van der Waals surface area (Å²) in [5.41, 5.74) is 5.29. The molecule has 16 heavy (non-hydrogen) atoms. The maximum absolute atomic E-state index is 11.1. The van der Waals surface area contributed by atoms with E-state index in [1.165, 1.54) is 18.0 Å². The molecular weight excluding hydrogens is 226 g/mol. The summed E-state index contributed by atoms with van der Waals surface area (Å²) in [6, 6.07) is -0.262. The molecule has 0 saturated carbocycles. The molecule has 5 nitrogen and oxygen atoms in total. The van der Waals surface area contributed by atoms with Crippen molar-refractivity contribution in [2.24, 2.45) is 5.73 Å². The van der Waals surface area contributed by atoms with E-state index >= 15 is 0 Å². The van der Waals surface area contributed by atoms with Gasteiger partial charge in [-0.3, -0.25) is 4.79 Å². The van der Waals surface area contributed by atoms with Crippen LogP contribution in [-0.2, 0) is 4.79 Å². The molecular formula is C10H17N3O2S. The molecule has 0 radical (unpaired) electrons. The number of primary amides is 1. The lowest BCUT2D eigenvalue weighted by Gasteiger charge is -2.13. The van der Waals surface area contributed by atoms with Gasteiger partial charge in [-0.05, 0) is 19.4 Å². The minimum atomic E-state index is -0.304. The third kappa shape index (κ3) is 4.67. The molecule has 1 atom stereocenters. The van der Waals surface area contributed by atoms with Gasteiger partial charge in [0.1, 0.15) is 6.26 Å². The summed E-state index contributed by atoms with van der Waals surface area (Å²) in [6.45, 7) is 2.85. The summed E-state index contributed by atoms with van der Waals surface area (Å²) >= 11 is 1.48. The number of thioether (sulfide) groups is 1. The molecule has 1 amide bonds. The van der Waals surface area contributed by atoms with E-state index in [-0.39, 0.29) is 11.9 Å². The van der Waals surface area contributed by atoms with Crippen LogP contribution in [-0.4, -0.2) is 29.2 Å². The van der Waals surface area contributed by atoms with Crippen LogP contribution in [0.1, 0.15) is 19.8 Å². The molecule has 6 heteroatoms. The Morgan fingerprint density at radius 2 is 2.56 bits per heavy atom. The number of amides is 1. The third-order valence-corrected chi connectivity index (χ3v) is 2.91. The average molecular weight is 243 g/mol. The zero-order valence-electron chi connectivity index (χ0n) is 9.31. The second-order valence-corrected chi connectivity index (χ2v) is 4.39. The van der Waals surface area contributed by atoms with Crippen molar-refractivity contribution in [1.82, 2.24) is 10.3 Å². The van der Waals surface area contributed by atoms with Crippen molar-refractivity contribution in [3.63, 3.8) is 0 Å². The number of carbonyl (C=O) groups is 1. The molecule has 1 aromatic rings. The predicted molar refractivity (Wildman–Crippen MR) is 63.1 cm³/mol. The average Bonchev–Trinajstić information content (AvgIpc) is 2.75. The third-order valence-electron chi connectivity index (χ3n) is 2.03. The van der Waals surface area contributed by atoms with E-state index in [9.17, 15) is 4.79 Å². The Hall–Kier alpha value is -1.01. The smallest absolute Gasteiger partial charge is 0.255 e. The minimum Gasteiger partial charge on any atom is -0.440 e. The summed E-state index contributed by atoms with van der Waals surface area (Å²) in [5.74, 6) is 0.451. The SMILES string of the molecule is CCCNC(CCSc1ncco1)C(N)=O. The van der Waals surface area contributed by atoms with Crippen LogP contribution in [0.2, 0.25) is 0 Å². The first kappa shape index (κ1) is 13.1. The fourth-order valence-corrected chi connectivity index (χ4v) is 2.00. The quantitative estimate of drug-likeness (QED) is 0.666. The number of nitrogens with one attached hydrogen (secondary N) is 1. The number of nitrogens with zero attached hydrogens (tertiary/aromatic N) is 1. The molecule has 0 aliphatic rings. The Balaban J connectivity index is 2.24. The zero-order valence-corrected chi connectivity index (χ0v) is 10.1. The van der Waals surface area contributed by atoms with Gasteiger partial charge in [0.05, 0.1) is 12.2 Å². The summed E-state index contributed by atoms with van der Waals surface area (Å²) in [6.07, 6.45) is 4.80.